The molecular weight excluding hydrogens is 368 g/mol. The Morgan fingerprint density at radius 1 is 0.533 bits per heavy atom. The van der Waals surface area contributed by atoms with Crippen LogP contribution >= 0.6 is 0 Å². The van der Waals surface area contributed by atoms with Gasteiger partial charge >= 0.3 is 0 Å². The van der Waals surface area contributed by atoms with Crippen LogP contribution in [-0.2, 0) is 13.2 Å². The first-order valence-corrected chi connectivity index (χ1v) is 10.2. The molecule has 0 heterocycles. The molecule has 0 N–H and O–H groups in total. The Morgan fingerprint density at radius 3 is 1.57 bits per heavy atom. The highest BCUT2D eigenvalue weighted by Crippen LogP contribution is 2.31. The Kier molecular flexibility index (Phi) is 6.14. The third-order valence-corrected chi connectivity index (χ3v) is 5.12. The van der Waals surface area contributed by atoms with Crippen LogP contribution in [0, 0.1) is 13.8 Å². The van der Waals surface area contributed by atoms with Gasteiger partial charge in [0.05, 0.1) is 0 Å². The summed E-state index contributed by atoms with van der Waals surface area (Å²) in [5.74, 6) is 1.84. The molecule has 0 fully saturated rings. The molecule has 30 heavy (non-hydrogen) atoms. The number of benzene rings is 4. The van der Waals surface area contributed by atoms with E-state index in [0.29, 0.717) is 13.2 Å². The van der Waals surface area contributed by atoms with Crippen LogP contribution in [0.25, 0.3) is 11.1 Å². The van der Waals surface area contributed by atoms with Gasteiger partial charge < -0.3 is 9.47 Å². The molecule has 2 heteroatoms. The summed E-state index contributed by atoms with van der Waals surface area (Å²) in [6, 6.07) is 33.1. The van der Waals surface area contributed by atoms with Crippen LogP contribution in [0.15, 0.2) is 97.1 Å². The van der Waals surface area contributed by atoms with Gasteiger partial charge in [-0.3, -0.25) is 0 Å². The summed E-state index contributed by atoms with van der Waals surface area (Å²) in [6.45, 7) is 5.36. The van der Waals surface area contributed by atoms with Crippen LogP contribution < -0.4 is 9.47 Å². The van der Waals surface area contributed by atoms with Gasteiger partial charge in [0.25, 0.3) is 0 Å². The quantitative estimate of drug-likeness (QED) is 0.332. The molecule has 0 amide bonds. The second-order valence-corrected chi connectivity index (χ2v) is 7.51. The maximum atomic E-state index is 6.12. The summed E-state index contributed by atoms with van der Waals surface area (Å²) < 4.78 is 12.0. The van der Waals surface area contributed by atoms with E-state index in [1.54, 1.807) is 0 Å². The van der Waals surface area contributed by atoms with Crippen molar-refractivity contribution in [3.05, 3.63) is 119 Å². The second-order valence-electron chi connectivity index (χ2n) is 7.51. The minimum Gasteiger partial charge on any atom is -0.489 e. The number of ether oxygens (including phenoxy) is 2. The lowest BCUT2D eigenvalue weighted by molar-refractivity contribution is 0.302. The Bertz CT molecular complexity index is 1060. The van der Waals surface area contributed by atoms with Gasteiger partial charge in [0.2, 0.25) is 0 Å². The molecule has 0 atom stereocenters. The lowest BCUT2D eigenvalue weighted by Crippen LogP contribution is -1.99. The zero-order chi connectivity index (χ0) is 20.8. The Morgan fingerprint density at radius 2 is 1.03 bits per heavy atom. The van der Waals surface area contributed by atoms with E-state index >= 15 is 0 Å². The highest BCUT2D eigenvalue weighted by Gasteiger charge is 2.09. The maximum Gasteiger partial charge on any atom is 0.125 e. The van der Waals surface area contributed by atoms with E-state index in [1.807, 2.05) is 48.5 Å². The highest BCUT2D eigenvalue weighted by atomic mass is 16.5. The molecule has 150 valence electrons. The molecular formula is C28H26O2. The third-order valence-electron chi connectivity index (χ3n) is 5.12. The Labute approximate surface area is 178 Å². The number of rotatable bonds is 7. The summed E-state index contributed by atoms with van der Waals surface area (Å²) in [5.41, 5.74) is 6.98. The number of hydrogen-bond donors (Lipinski definition) is 0. The Hall–Kier alpha value is -3.52. The highest BCUT2D eigenvalue weighted by molar-refractivity contribution is 5.68. The first-order valence-electron chi connectivity index (χ1n) is 10.2. The molecule has 4 rings (SSSR count). The standard InChI is InChI=1S/C28H26O2/c1-21-17-26(18-22(2)28(21)30-20-24-11-7-4-8-12-24)25-13-15-27(16-14-25)29-19-23-9-5-3-6-10-23/h3-18H,19-20H2,1-2H3. The van der Waals surface area contributed by atoms with Crippen molar-refractivity contribution in [1.82, 2.24) is 0 Å². The van der Waals surface area contributed by atoms with Crippen molar-refractivity contribution in [3.8, 4) is 22.6 Å². The average molecular weight is 395 g/mol. The van der Waals surface area contributed by atoms with Crippen LogP contribution in [0.2, 0.25) is 0 Å². The zero-order valence-electron chi connectivity index (χ0n) is 17.5. The average Bonchev–Trinajstić information content (AvgIpc) is 2.79. The van der Waals surface area contributed by atoms with E-state index in [4.69, 9.17) is 9.47 Å². The van der Waals surface area contributed by atoms with E-state index in [1.165, 1.54) is 22.3 Å². The van der Waals surface area contributed by atoms with Gasteiger partial charge in [0, 0.05) is 0 Å². The van der Waals surface area contributed by atoms with Crippen molar-refractivity contribution in [2.45, 2.75) is 27.1 Å². The molecule has 2 nitrogen and oxygen atoms in total. The van der Waals surface area contributed by atoms with Gasteiger partial charge in [0.1, 0.15) is 24.7 Å². The molecule has 0 aromatic heterocycles. The summed E-state index contributed by atoms with van der Waals surface area (Å²) in [4.78, 5) is 0. The van der Waals surface area contributed by atoms with E-state index in [0.717, 1.165) is 22.6 Å². The topological polar surface area (TPSA) is 18.5 Å². The molecule has 0 spiro atoms. The SMILES string of the molecule is Cc1cc(-c2ccc(OCc3ccccc3)cc2)cc(C)c1OCc1ccccc1. The summed E-state index contributed by atoms with van der Waals surface area (Å²) in [6.07, 6.45) is 0. The molecule has 0 unspecified atom stereocenters. The zero-order valence-corrected chi connectivity index (χ0v) is 17.5. The monoisotopic (exact) mass is 394 g/mol. The molecule has 0 saturated heterocycles. The maximum absolute atomic E-state index is 6.12. The molecule has 4 aromatic rings. The van der Waals surface area contributed by atoms with Gasteiger partial charge in [-0.1, -0.05) is 72.8 Å². The molecule has 0 aliphatic heterocycles. The van der Waals surface area contributed by atoms with Gasteiger partial charge in [-0.15, -0.1) is 0 Å². The van der Waals surface area contributed by atoms with Crippen molar-refractivity contribution >= 4 is 0 Å². The first kappa shape index (κ1) is 19.8. The summed E-state index contributed by atoms with van der Waals surface area (Å²) in [7, 11) is 0. The van der Waals surface area contributed by atoms with Crippen molar-refractivity contribution in [3.63, 3.8) is 0 Å². The molecule has 0 aliphatic rings. The first-order chi connectivity index (χ1) is 14.7. The molecule has 0 radical (unpaired) electrons. The minimum absolute atomic E-state index is 0.575. The van der Waals surface area contributed by atoms with Crippen molar-refractivity contribution in [2.24, 2.45) is 0 Å². The lowest BCUT2D eigenvalue weighted by Gasteiger charge is -2.15. The van der Waals surface area contributed by atoms with Crippen molar-refractivity contribution in [1.29, 1.82) is 0 Å². The predicted octanol–water partition coefficient (Wildman–Crippen LogP) is 7.13. The molecule has 0 saturated carbocycles. The molecule has 4 aromatic carbocycles. The number of aryl methyl sites for hydroxylation is 2. The fourth-order valence-corrected chi connectivity index (χ4v) is 3.56. The van der Waals surface area contributed by atoms with E-state index in [-0.39, 0.29) is 0 Å². The summed E-state index contributed by atoms with van der Waals surface area (Å²) in [5, 5.41) is 0. The third kappa shape index (κ3) is 4.90. The van der Waals surface area contributed by atoms with Gasteiger partial charge in [0.15, 0.2) is 0 Å². The Balaban J connectivity index is 1.44. The van der Waals surface area contributed by atoms with Gasteiger partial charge in [-0.2, -0.15) is 0 Å². The second kappa shape index (κ2) is 9.32. The van der Waals surface area contributed by atoms with Crippen molar-refractivity contribution < 1.29 is 9.47 Å². The fraction of sp³-hybridized carbons (Fsp3) is 0.143. The van der Waals surface area contributed by atoms with E-state index in [9.17, 15) is 0 Å². The van der Waals surface area contributed by atoms with E-state index in [2.05, 4.69) is 62.4 Å². The van der Waals surface area contributed by atoms with Crippen molar-refractivity contribution in [2.75, 3.05) is 0 Å². The predicted molar refractivity (Wildman–Crippen MR) is 123 cm³/mol. The van der Waals surface area contributed by atoms with Crippen LogP contribution in [0.1, 0.15) is 22.3 Å². The van der Waals surface area contributed by atoms with Crippen LogP contribution in [0.5, 0.6) is 11.5 Å². The lowest BCUT2D eigenvalue weighted by atomic mass is 9.99. The molecule has 0 bridgehead atoms. The van der Waals surface area contributed by atoms with Crippen LogP contribution in [-0.4, -0.2) is 0 Å². The summed E-state index contributed by atoms with van der Waals surface area (Å²) >= 11 is 0. The molecule has 0 aliphatic carbocycles. The normalized spacial score (nSPS) is 10.6. The fourth-order valence-electron chi connectivity index (χ4n) is 3.56. The van der Waals surface area contributed by atoms with Crippen LogP contribution in [0.3, 0.4) is 0 Å². The van der Waals surface area contributed by atoms with Gasteiger partial charge in [-0.05, 0) is 71.5 Å². The van der Waals surface area contributed by atoms with E-state index < -0.39 is 0 Å². The smallest absolute Gasteiger partial charge is 0.125 e. The van der Waals surface area contributed by atoms with Gasteiger partial charge in [-0.25, -0.2) is 0 Å². The largest absolute Gasteiger partial charge is 0.489 e. The van der Waals surface area contributed by atoms with Crippen LogP contribution in [0.4, 0.5) is 0 Å². The minimum atomic E-state index is 0.575. The number of hydrogen-bond acceptors (Lipinski definition) is 2.